The van der Waals surface area contributed by atoms with Crippen molar-refractivity contribution >= 4 is 0 Å². The average molecular weight is 263 g/mol. The van der Waals surface area contributed by atoms with E-state index in [9.17, 15) is 0 Å². The van der Waals surface area contributed by atoms with Gasteiger partial charge in [-0.3, -0.25) is 0 Å². The first kappa shape index (κ1) is 16.0. The summed E-state index contributed by atoms with van der Waals surface area (Å²) in [6.45, 7) is 10.7. The first-order valence-corrected chi connectivity index (χ1v) is 7.67. The van der Waals surface area contributed by atoms with E-state index in [0.717, 1.165) is 25.3 Å². The van der Waals surface area contributed by atoms with E-state index in [2.05, 4.69) is 57.3 Å². The van der Waals surface area contributed by atoms with Crippen LogP contribution in [0.15, 0.2) is 24.3 Å². The van der Waals surface area contributed by atoms with E-state index in [1.54, 1.807) is 0 Å². The maximum atomic E-state index is 6.04. The summed E-state index contributed by atoms with van der Waals surface area (Å²) < 4.78 is 6.04. The molecule has 0 bridgehead atoms. The third-order valence-corrected chi connectivity index (χ3v) is 3.72. The van der Waals surface area contributed by atoms with Gasteiger partial charge in [-0.25, -0.2) is 0 Å². The van der Waals surface area contributed by atoms with Crippen molar-refractivity contribution in [2.24, 2.45) is 5.92 Å². The van der Waals surface area contributed by atoms with Crippen LogP contribution in [0.5, 0.6) is 5.75 Å². The minimum absolute atomic E-state index is 0.345. The zero-order chi connectivity index (χ0) is 14.1. The monoisotopic (exact) mass is 263 g/mol. The topological polar surface area (TPSA) is 21.3 Å². The van der Waals surface area contributed by atoms with Crippen LogP contribution >= 0.6 is 0 Å². The van der Waals surface area contributed by atoms with E-state index < -0.39 is 0 Å². The summed E-state index contributed by atoms with van der Waals surface area (Å²) in [5.74, 6) is 1.69. The van der Waals surface area contributed by atoms with Crippen molar-refractivity contribution < 1.29 is 4.74 Å². The third-order valence-electron chi connectivity index (χ3n) is 3.72. The number of ether oxygens (including phenoxy) is 1. The fourth-order valence-electron chi connectivity index (χ4n) is 2.17. The van der Waals surface area contributed by atoms with Crippen molar-refractivity contribution in [3.63, 3.8) is 0 Å². The number of hydrogen-bond acceptors (Lipinski definition) is 2. The summed E-state index contributed by atoms with van der Waals surface area (Å²) in [5, 5.41) is 3.52. The molecular weight excluding hydrogens is 234 g/mol. The zero-order valence-corrected chi connectivity index (χ0v) is 12.9. The maximum Gasteiger partial charge on any atom is 0.124 e. The molecule has 0 aromatic heterocycles. The summed E-state index contributed by atoms with van der Waals surface area (Å²) in [6, 6.07) is 8.73. The summed E-state index contributed by atoms with van der Waals surface area (Å²) in [7, 11) is 0. The van der Waals surface area contributed by atoms with Crippen LogP contribution < -0.4 is 10.1 Å². The second-order valence-corrected chi connectivity index (χ2v) is 5.21. The predicted molar refractivity (Wildman–Crippen MR) is 82.7 cm³/mol. The Hall–Kier alpha value is -1.02. The molecule has 0 aliphatic carbocycles. The minimum Gasteiger partial charge on any atom is -0.493 e. The molecule has 0 aliphatic rings. The molecule has 2 nitrogen and oxygen atoms in total. The molecule has 0 aliphatic heterocycles. The van der Waals surface area contributed by atoms with Gasteiger partial charge in [-0.05, 0) is 31.9 Å². The summed E-state index contributed by atoms with van der Waals surface area (Å²) in [4.78, 5) is 0. The Labute approximate surface area is 118 Å². The summed E-state index contributed by atoms with van der Waals surface area (Å²) in [6.07, 6.45) is 3.52. The van der Waals surface area contributed by atoms with Crippen molar-refractivity contribution in [1.29, 1.82) is 0 Å². The highest BCUT2D eigenvalue weighted by atomic mass is 16.5. The van der Waals surface area contributed by atoms with Crippen LogP contribution in [0.3, 0.4) is 0 Å². The van der Waals surface area contributed by atoms with Crippen molar-refractivity contribution in [1.82, 2.24) is 5.32 Å². The first-order valence-electron chi connectivity index (χ1n) is 7.67. The Morgan fingerprint density at radius 2 is 1.79 bits per heavy atom. The molecule has 0 saturated heterocycles. The van der Waals surface area contributed by atoms with Gasteiger partial charge >= 0.3 is 0 Å². The second-order valence-electron chi connectivity index (χ2n) is 5.21. The van der Waals surface area contributed by atoms with Gasteiger partial charge in [0.25, 0.3) is 0 Å². The molecule has 1 atom stereocenters. The van der Waals surface area contributed by atoms with Gasteiger partial charge in [-0.2, -0.15) is 0 Å². The van der Waals surface area contributed by atoms with Gasteiger partial charge in [0.2, 0.25) is 0 Å². The van der Waals surface area contributed by atoms with Crippen LogP contribution in [-0.4, -0.2) is 13.2 Å². The molecule has 19 heavy (non-hydrogen) atoms. The molecule has 0 saturated carbocycles. The van der Waals surface area contributed by atoms with Crippen LogP contribution in [0.2, 0.25) is 0 Å². The van der Waals surface area contributed by atoms with Crippen LogP contribution in [0, 0.1) is 5.92 Å². The quantitative estimate of drug-likeness (QED) is 0.705. The lowest BCUT2D eigenvalue weighted by Gasteiger charge is -2.20. The predicted octanol–water partition coefficient (Wildman–Crippen LogP) is 4.56. The lowest BCUT2D eigenvalue weighted by atomic mass is 10.0. The standard InChI is InChI=1S/C17H29NO/c1-5-12-18-14(4)16-10-8-9-11-17(16)19-13-15(6-2)7-3/h8-11,14-15,18H,5-7,12-13H2,1-4H3. The van der Waals surface area contributed by atoms with E-state index >= 15 is 0 Å². The molecule has 0 spiro atoms. The molecule has 0 amide bonds. The highest BCUT2D eigenvalue weighted by molar-refractivity contribution is 5.35. The molecule has 108 valence electrons. The Balaban J connectivity index is 2.66. The molecule has 0 fully saturated rings. The van der Waals surface area contributed by atoms with Gasteiger partial charge in [-0.1, -0.05) is 51.8 Å². The largest absolute Gasteiger partial charge is 0.493 e. The Kier molecular flexibility index (Phi) is 7.57. The number of benzene rings is 1. The molecule has 0 radical (unpaired) electrons. The average Bonchev–Trinajstić information content (AvgIpc) is 2.46. The number of rotatable bonds is 9. The third kappa shape index (κ3) is 5.23. The van der Waals surface area contributed by atoms with Gasteiger partial charge in [0.05, 0.1) is 6.61 Å². The number of hydrogen-bond donors (Lipinski definition) is 1. The van der Waals surface area contributed by atoms with Crippen molar-refractivity contribution in [3.8, 4) is 5.75 Å². The van der Waals surface area contributed by atoms with Crippen LogP contribution in [0.25, 0.3) is 0 Å². The Morgan fingerprint density at radius 3 is 2.42 bits per heavy atom. The lowest BCUT2D eigenvalue weighted by molar-refractivity contribution is 0.237. The minimum atomic E-state index is 0.345. The fourth-order valence-corrected chi connectivity index (χ4v) is 2.17. The van der Waals surface area contributed by atoms with Gasteiger partial charge in [0.1, 0.15) is 5.75 Å². The maximum absolute atomic E-state index is 6.04. The van der Waals surface area contributed by atoms with E-state index in [0.29, 0.717) is 12.0 Å². The normalized spacial score (nSPS) is 12.7. The Morgan fingerprint density at radius 1 is 1.11 bits per heavy atom. The van der Waals surface area contributed by atoms with Crippen LogP contribution in [0.4, 0.5) is 0 Å². The lowest BCUT2D eigenvalue weighted by Crippen LogP contribution is -2.20. The SMILES string of the molecule is CCCNC(C)c1ccccc1OCC(CC)CC. The van der Waals surface area contributed by atoms with Crippen molar-refractivity contribution in [3.05, 3.63) is 29.8 Å². The molecule has 2 heteroatoms. The summed E-state index contributed by atoms with van der Waals surface area (Å²) in [5.41, 5.74) is 1.27. The number of nitrogens with one attached hydrogen (secondary N) is 1. The van der Waals surface area contributed by atoms with Gasteiger partial charge in [-0.15, -0.1) is 0 Å². The van der Waals surface area contributed by atoms with Crippen molar-refractivity contribution in [2.75, 3.05) is 13.2 Å². The Bertz CT molecular complexity index is 347. The highest BCUT2D eigenvalue weighted by Gasteiger charge is 2.12. The number of para-hydroxylation sites is 1. The zero-order valence-electron chi connectivity index (χ0n) is 12.9. The van der Waals surface area contributed by atoms with E-state index in [1.807, 2.05) is 0 Å². The second kappa shape index (κ2) is 8.98. The van der Waals surface area contributed by atoms with Crippen LogP contribution in [0.1, 0.15) is 58.6 Å². The van der Waals surface area contributed by atoms with Gasteiger partial charge in [0.15, 0.2) is 0 Å². The van der Waals surface area contributed by atoms with E-state index in [1.165, 1.54) is 18.4 Å². The molecule has 1 aromatic carbocycles. The molecule has 1 N–H and O–H groups in total. The summed E-state index contributed by atoms with van der Waals surface area (Å²) >= 11 is 0. The molecular formula is C17H29NO. The van der Waals surface area contributed by atoms with Crippen molar-refractivity contribution in [2.45, 2.75) is 53.0 Å². The van der Waals surface area contributed by atoms with E-state index in [4.69, 9.17) is 4.74 Å². The fraction of sp³-hybridized carbons (Fsp3) is 0.647. The first-order chi connectivity index (χ1) is 9.22. The van der Waals surface area contributed by atoms with Crippen LogP contribution in [-0.2, 0) is 0 Å². The smallest absolute Gasteiger partial charge is 0.124 e. The van der Waals surface area contributed by atoms with E-state index in [-0.39, 0.29) is 0 Å². The molecule has 1 rings (SSSR count). The highest BCUT2D eigenvalue weighted by Crippen LogP contribution is 2.25. The molecule has 0 heterocycles. The molecule has 1 unspecified atom stereocenters. The molecule has 1 aromatic rings. The van der Waals surface area contributed by atoms with Gasteiger partial charge in [0, 0.05) is 11.6 Å². The van der Waals surface area contributed by atoms with Gasteiger partial charge < -0.3 is 10.1 Å².